The summed E-state index contributed by atoms with van der Waals surface area (Å²) >= 11 is 0. The number of cyclic esters (lactones) is 1. The highest BCUT2D eigenvalue weighted by atomic mass is 16.5. The van der Waals surface area contributed by atoms with E-state index >= 15 is 0 Å². The van der Waals surface area contributed by atoms with E-state index < -0.39 is 0 Å². The van der Waals surface area contributed by atoms with Crippen LogP contribution in [0.3, 0.4) is 0 Å². The van der Waals surface area contributed by atoms with Crippen LogP contribution < -0.4 is 5.32 Å². The summed E-state index contributed by atoms with van der Waals surface area (Å²) in [7, 11) is 0. The zero-order valence-electron chi connectivity index (χ0n) is 14.5. The normalized spacial score (nSPS) is 22.7. The predicted octanol–water partition coefficient (Wildman–Crippen LogP) is 2.35. The van der Waals surface area contributed by atoms with Crippen LogP contribution in [0.1, 0.15) is 34.5 Å². The van der Waals surface area contributed by atoms with Gasteiger partial charge < -0.3 is 14.5 Å². The third kappa shape index (κ3) is 3.51. The zero-order valence-corrected chi connectivity index (χ0v) is 14.5. The first-order valence-corrected chi connectivity index (χ1v) is 9.01. The van der Waals surface area contributed by atoms with E-state index in [4.69, 9.17) is 9.15 Å². The van der Waals surface area contributed by atoms with Gasteiger partial charge in [0.1, 0.15) is 11.8 Å². The minimum absolute atomic E-state index is 0.105. The van der Waals surface area contributed by atoms with Crippen LogP contribution in [0, 0.1) is 5.92 Å². The Bertz CT molecular complexity index is 787. The average molecular weight is 354 g/mol. The molecule has 4 rings (SSSR count). The number of benzene rings is 1. The standard InChI is InChI=1S/C20H22N2O4/c23-19(21-12-17-5-2-9-25-17)16-4-1-3-14(11-16)13-22-8-6-15-7-10-26-20(24)18(15)22/h1-5,9,11,15,18H,6-8,10,12-13H2,(H,21,23)/t15-,18+/m1/s1. The van der Waals surface area contributed by atoms with Gasteiger partial charge in [-0.15, -0.1) is 0 Å². The van der Waals surface area contributed by atoms with Crippen molar-refractivity contribution in [2.24, 2.45) is 5.92 Å². The number of carbonyl (C=O) groups excluding carboxylic acids is 2. The van der Waals surface area contributed by atoms with Gasteiger partial charge in [-0.1, -0.05) is 12.1 Å². The Morgan fingerprint density at radius 2 is 2.15 bits per heavy atom. The summed E-state index contributed by atoms with van der Waals surface area (Å²) in [5.74, 6) is 0.871. The van der Waals surface area contributed by atoms with Gasteiger partial charge in [0.2, 0.25) is 0 Å². The van der Waals surface area contributed by atoms with Crippen LogP contribution in [0.4, 0.5) is 0 Å². The number of hydrogen-bond acceptors (Lipinski definition) is 5. The Morgan fingerprint density at radius 1 is 1.23 bits per heavy atom. The molecule has 2 aromatic rings. The van der Waals surface area contributed by atoms with Crippen molar-refractivity contribution in [3.05, 3.63) is 59.5 Å². The molecule has 136 valence electrons. The van der Waals surface area contributed by atoms with Crippen LogP contribution in [-0.4, -0.2) is 36.0 Å². The van der Waals surface area contributed by atoms with E-state index in [1.165, 1.54) is 0 Å². The minimum atomic E-state index is -0.139. The van der Waals surface area contributed by atoms with Crippen molar-refractivity contribution >= 4 is 11.9 Å². The highest BCUT2D eigenvalue weighted by Gasteiger charge is 2.42. The maximum absolute atomic E-state index is 12.4. The molecule has 2 aliphatic rings. The van der Waals surface area contributed by atoms with Crippen molar-refractivity contribution in [3.8, 4) is 0 Å². The Balaban J connectivity index is 1.41. The minimum Gasteiger partial charge on any atom is -0.467 e. The first-order valence-electron chi connectivity index (χ1n) is 9.01. The molecule has 6 nitrogen and oxygen atoms in total. The summed E-state index contributed by atoms with van der Waals surface area (Å²) in [5.41, 5.74) is 1.63. The monoisotopic (exact) mass is 354 g/mol. The summed E-state index contributed by atoms with van der Waals surface area (Å²) in [4.78, 5) is 26.7. The Kier molecular flexibility index (Phi) is 4.75. The maximum Gasteiger partial charge on any atom is 0.323 e. The summed E-state index contributed by atoms with van der Waals surface area (Å²) in [5, 5.41) is 2.85. The summed E-state index contributed by atoms with van der Waals surface area (Å²) < 4.78 is 10.5. The van der Waals surface area contributed by atoms with E-state index in [2.05, 4.69) is 10.2 Å². The molecule has 1 N–H and O–H groups in total. The first kappa shape index (κ1) is 16.8. The summed E-state index contributed by atoms with van der Waals surface area (Å²) in [6.45, 7) is 2.44. The molecule has 0 bridgehead atoms. The number of ether oxygens (including phenoxy) is 1. The summed E-state index contributed by atoms with van der Waals surface area (Å²) in [6.07, 6.45) is 3.56. The lowest BCUT2D eigenvalue weighted by Crippen LogP contribution is -2.43. The third-order valence-corrected chi connectivity index (χ3v) is 5.18. The van der Waals surface area contributed by atoms with Gasteiger partial charge in [0.15, 0.2) is 0 Å². The molecule has 0 spiro atoms. The molecule has 2 fully saturated rings. The average Bonchev–Trinajstić information content (AvgIpc) is 3.31. The van der Waals surface area contributed by atoms with Crippen molar-refractivity contribution in [1.82, 2.24) is 10.2 Å². The largest absolute Gasteiger partial charge is 0.467 e. The lowest BCUT2D eigenvalue weighted by molar-refractivity contribution is -0.155. The van der Waals surface area contributed by atoms with Crippen LogP contribution in [0.2, 0.25) is 0 Å². The molecule has 26 heavy (non-hydrogen) atoms. The maximum atomic E-state index is 12.4. The molecule has 1 aromatic carbocycles. The number of nitrogens with one attached hydrogen (secondary N) is 1. The topological polar surface area (TPSA) is 71.8 Å². The van der Waals surface area contributed by atoms with E-state index in [-0.39, 0.29) is 17.9 Å². The number of amides is 1. The number of likely N-dealkylation sites (tertiary alicyclic amines) is 1. The van der Waals surface area contributed by atoms with Crippen LogP contribution in [0.25, 0.3) is 0 Å². The Morgan fingerprint density at radius 3 is 3.00 bits per heavy atom. The third-order valence-electron chi connectivity index (χ3n) is 5.18. The van der Waals surface area contributed by atoms with Gasteiger partial charge in [0, 0.05) is 12.1 Å². The highest BCUT2D eigenvalue weighted by Crippen LogP contribution is 2.32. The molecule has 0 radical (unpaired) electrons. The molecule has 1 aromatic heterocycles. The molecule has 0 saturated carbocycles. The van der Waals surface area contributed by atoms with E-state index in [9.17, 15) is 9.59 Å². The van der Waals surface area contributed by atoms with Gasteiger partial charge in [-0.3, -0.25) is 14.5 Å². The highest BCUT2D eigenvalue weighted by molar-refractivity contribution is 5.94. The van der Waals surface area contributed by atoms with E-state index in [1.54, 1.807) is 18.4 Å². The molecule has 2 aliphatic heterocycles. The second kappa shape index (κ2) is 7.33. The quantitative estimate of drug-likeness (QED) is 0.835. The predicted molar refractivity (Wildman–Crippen MR) is 94.2 cm³/mol. The Hall–Kier alpha value is -2.60. The smallest absolute Gasteiger partial charge is 0.323 e. The fraction of sp³-hybridized carbons (Fsp3) is 0.400. The second-order valence-electron chi connectivity index (χ2n) is 6.88. The lowest BCUT2D eigenvalue weighted by Gasteiger charge is -2.30. The van der Waals surface area contributed by atoms with Crippen molar-refractivity contribution in [2.75, 3.05) is 13.2 Å². The van der Waals surface area contributed by atoms with Gasteiger partial charge in [-0.05, 0) is 55.1 Å². The molecule has 6 heteroatoms. The fourth-order valence-electron chi connectivity index (χ4n) is 3.87. The second-order valence-corrected chi connectivity index (χ2v) is 6.88. The number of rotatable bonds is 5. The summed E-state index contributed by atoms with van der Waals surface area (Å²) in [6, 6.07) is 11.0. The Labute approximate surface area is 152 Å². The zero-order chi connectivity index (χ0) is 17.9. The number of nitrogens with zero attached hydrogens (tertiary/aromatic N) is 1. The molecular weight excluding hydrogens is 332 g/mol. The van der Waals surface area contributed by atoms with Gasteiger partial charge in [0.05, 0.1) is 19.4 Å². The molecule has 2 atom stereocenters. The SMILES string of the molecule is O=C(NCc1ccco1)c1cccc(CN2CC[C@@H]3CCOC(=O)[C@H]32)c1. The van der Waals surface area contributed by atoms with E-state index in [0.717, 1.165) is 24.9 Å². The molecule has 0 unspecified atom stereocenters. The lowest BCUT2D eigenvalue weighted by atomic mass is 9.95. The number of fused-ring (bicyclic) bond motifs is 1. The number of esters is 1. The molecule has 2 saturated heterocycles. The molecular formula is C20H22N2O4. The van der Waals surface area contributed by atoms with Gasteiger partial charge >= 0.3 is 5.97 Å². The molecule has 3 heterocycles. The van der Waals surface area contributed by atoms with Crippen molar-refractivity contribution in [2.45, 2.75) is 32.0 Å². The number of hydrogen-bond donors (Lipinski definition) is 1. The van der Waals surface area contributed by atoms with Crippen LogP contribution in [0.5, 0.6) is 0 Å². The van der Waals surface area contributed by atoms with Crippen molar-refractivity contribution in [3.63, 3.8) is 0 Å². The van der Waals surface area contributed by atoms with E-state index in [1.807, 2.05) is 24.3 Å². The fourth-order valence-corrected chi connectivity index (χ4v) is 3.87. The van der Waals surface area contributed by atoms with Gasteiger partial charge in [-0.2, -0.15) is 0 Å². The van der Waals surface area contributed by atoms with Crippen LogP contribution in [0.15, 0.2) is 47.1 Å². The van der Waals surface area contributed by atoms with Gasteiger partial charge in [0.25, 0.3) is 5.91 Å². The number of furan rings is 1. The molecule has 1 amide bonds. The van der Waals surface area contributed by atoms with Gasteiger partial charge in [-0.25, -0.2) is 0 Å². The first-order chi connectivity index (χ1) is 12.7. The van der Waals surface area contributed by atoms with E-state index in [0.29, 0.717) is 36.9 Å². The number of carbonyl (C=O) groups is 2. The van der Waals surface area contributed by atoms with Crippen molar-refractivity contribution in [1.29, 1.82) is 0 Å². The van der Waals surface area contributed by atoms with Crippen LogP contribution >= 0.6 is 0 Å². The van der Waals surface area contributed by atoms with Crippen molar-refractivity contribution < 1.29 is 18.7 Å². The van der Waals surface area contributed by atoms with Crippen LogP contribution in [-0.2, 0) is 22.6 Å². The molecule has 0 aliphatic carbocycles.